The molecule has 1 unspecified atom stereocenters. The topological polar surface area (TPSA) is 72.7 Å². The first-order chi connectivity index (χ1) is 15.2. The summed E-state index contributed by atoms with van der Waals surface area (Å²) in [7, 11) is 1.65. The second-order valence-corrected chi connectivity index (χ2v) is 7.14. The Morgan fingerprint density at radius 3 is 2.62 bits per heavy atom. The van der Waals surface area contributed by atoms with Gasteiger partial charge in [0.15, 0.2) is 5.96 Å². The molecule has 0 aliphatic carbocycles. The molecule has 0 aliphatic heterocycles. The number of benzene rings is 2. The summed E-state index contributed by atoms with van der Waals surface area (Å²) in [6.45, 7) is 6.71. The number of hydrogen-bond donors (Lipinski definition) is 2. The Balaban J connectivity index is 0.00000363. The molecule has 2 aromatic carbocycles. The minimum absolute atomic E-state index is 0. The molecule has 7 nitrogen and oxygen atoms in total. The van der Waals surface area contributed by atoms with Crippen LogP contribution in [0.4, 0.5) is 0 Å². The highest BCUT2D eigenvalue weighted by molar-refractivity contribution is 14.0. The van der Waals surface area contributed by atoms with E-state index in [1.165, 1.54) is 5.56 Å². The van der Waals surface area contributed by atoms with E-state index in [2.05, 4.69) is 32.3 Å². The second kappa shape index (κ2) is 13.6. The van der Waals surface area contributed by atoms with E-state index in [1.54, 1.807) is 7.11 Å². The van der Waals surface area contributed by atoms with Gasteiger partial charge in [-0.25, -0.2) is 9.98 Å². The number of guanidine groups is 1. The molecule has 0 bridgehead atoms. The van der Waals surface area contributed by atoms with Gasteiger partial charge in [0.05, 0.1) is 13.7 Å². The molecule has 1 aromatic heterocycles. The first-order valence-corrected chi connectivity index (χ1v) is 10.5. The normalized spacial score (nSPS) is 11.9. The van der Waals surface area contributed by atoms with E-state index in [1.807, 2.05) is 68.7 Å². The van der Waals surface area contributed by atoms with E-state index < -0.39 is 0 Å². The molecule has 3 aromatic rings. The van der Waals surface area contributed by atoms with Crippen LogP contribution in [0, 0.1) is 0 Å². The maximum atomic E-state index is 5.98. The van der Waals surface area contributed by atoms with Gasteiger partial charge in [-0.15, -0.1) is 24.0 Å². The smallest absolute Gasteiger partial charge is 0.191 e. The van der Waals surface area contributed by atoms with Crippen molar-refractivity contribution in [1.82, 2.24) is 20.2 Å². The van der Waals surface area contributed by atoms with Crippen LogP contribution in [0.2, 0.25) is 0 Å². The van der Waals surface area contributed by atoms with Gasteiger partial charge >= 0.3 is 0 Å². The Kier molecular flexibility index (Phi) is 10.9. The number of aromatic nitrogens is 2. The number of ether oxygens (including phenoxy) is 2. The van der Waals surface area contributed by atoms with Crippen molar-refractivity contribution in [3.8, 4) is 11.5 Å². The van der Waals surface area contributed by atoms with Crippen LogP contribution in [0.1, 0.15) is 25.2 Å². The van der Waals surface area contributed by atoms with Crippen LogP contribution in [-0.2, 0) is 13.1 Å². The number of nitrogens with zero attached hydrogens (tertiary/aromatic N) is 3. The van der Waals surface area contributed by atoms with Crippen molar-refractivity contribution >= 4 is 29.9 Å². The molecule has 3 rings (SSSR count). The standard InChI is InChI=1S/C24H31N5O2.HI/c1-4-25-24(27-16-19(2)31-22-12-8-11-21(15-22)30-3)28-17-23-26-13-14-29(23)18-20-9-6-5-7-10-20;/h5-15,19H,4,16-18H2,1-3H3,(H2,25,27,28);1H. The summed E-state index contributed by atoms with van der Waals surface area (Å²) < 4.78 is 13.3. The Morgan fingerprint density at radius 2 is 1.88 bits per heavy atom. The van der Waals surface area contributed by atoms with Crippen LogP contribution < -0.4 is 20.1 Å². The molecule has 0 spiro atoms. The van der Waals surface area contributed by atoms with Gasteiger partial charge in [0.1, 0.15) is 30.0 Å². The number of nitrogens with one attached hydrogen (secondary N) is 2. The van der Waals surface area contributed by atoms with Crippen molar-refractivity contribution in [3.05, 3.63) is 78.4 Å². The summed E-state index contributed by atoms with van der Waals surface area (Å²) >= 11 is 0. The molecule has 1 heterocycles. The lowest BCUT2D eigenvalue weighted by atomic mass is 10.2. The third-order valence-electron chi connectivity index (χ3n) is 4.66. The summed E-state index contributed by atoms with van der Waals surface area (Å²) in [5.74, 6) is 3.21. The molecular formula is C24H32IN5O2. The van der Waals surface area contributed by atoms with E-state index >= 15 is 0 Å². The Bertz CT molecular complexity index is 962. The van der Waals surface area contributed by atoms with Crippen molar-refractivity contribution in [2.24, 2.45) is 4.99 Å². The van der Waals surface area contributed by atoms with Gasteiger partial charge in [-0.1, -0.05) is 36.4 Å². The molecule has 0 aliphatic rings. The summed E-state index contributed by atoms with van der Waals surface area (Å²) in [6.07, 6.45) is 3.76. The fourth-order valence-corrected chi connectivity index (χ4v) is 3.10. The van der Waals surface area contributed by atoms with Crippen LogP contribution in [0.5, 0.6) is 11.5 Å². The Labute approximate surface area is 207 Å². The average Bonchev–Trinajstić information content (AvgIpc) is 3.23. The fourth-order valence-electron chi connectivity index (χ4n) is 3.10. The number of methoxy groups -OCH3 is 1. The number of hydrogen-bond acceptors (Lipinski definition) is 4. The zero-order valence-electron chi connectivity index (χ0n) is 18.8. The fraction of sp³-hybridized carbons (Fsp3) is 0.333. The molecule has 32 heavy (non-hydrogen) atoms. The van der Waals surface area contributed by atoms with E-state index in [4.69, 9.17) is 14.5 Å². The summed E-state index contributed by atoms with van der Waals surface area (Å²) in [6, 6.07) is 18.0. The highest BCUT2D eigenvalue weighted by Gasteiger charge is 2.08. The monoisotopic (exact) mass is 549 g/mol. The summed E-state index contributed by atoms with van der Waals surface area (Å²) in [5.41, 5.74) is 1.24. The molecule has 0 saturated heterocycles. The molecule has 0 amide bonds. The van der Waals surface area contributed by atoms with Crippen LogP contribution in [0.25, 0.3) is 0 Å². The van der Waals surface area contributed by atoms with Gasteiger partial charge in [-0.05, 0) is 31.5 Å². The van der Waals surface area contributed by atoms with Gasteiger partial charge < -0.3 is 24.7 Å². The van der Waals surface area contributed by atoms with Crippen molar-refractivity contribution < 1.29 is 9.47 Å². The van der Waals surface area contributed by atoms with E-state index in [0.717, 1.165) is 36.4 Å². The lowest BCUT2D eigenvalue weighted by Gasteiger charge is -2.18. The minimum Gasteiger partial charge on any atom is -0.497 e. The number of imidazole rings is 1. The first kappa shape index (κ1) is 25.5. The third-order valence-corrected chi connectivity index (χ3v) is 4.66. The highest BCUT2D eigenvalue weighted by atomic mass is 127. The van der Waals surface area contributed by atoms with E-state index in [-0.39, 0.29) is 30.1 Å². The van der Waals surface area contributed by atoms with Gasteiger partial charge in [-0.2, -0.15) is 0 Å². The van der Waals surface area contributed by atoms with Crippen LogP contribution in [0.15, 0.2) is 72.0 Å². The number of aliphatic imine (C=N–C) groups is 1. The van der Waals surface area contributed by atoms with E-state index in [0.29, 0.717) is 13.1 Å². The molecule has 172 valence electrons. The SMILES string of the molecule is CCNC(=NCc1nccn1Cc1ccccc1)NCC(C)Oc1cccc(OC)c1.I. The lowest BCUT2D eigenvalue weighted by molar-refractivity contribution is 0.223. The third kappa shape index (κ3) is 8.07. The highest BCUT2D eigenvalue weighted by Crippen LogP contribution is 2.19. The molecule has 1 atom stereocenters. The molecule has 0 fully saturated rings. The largest absolute Gasteiger partial charge is 0.497 e. The van der Waals surface area contributed by atoms with Crippen molar-refractivity contribution in [2.75, 3.05) is 20.2 Å². The number of rotatable bonds is 10. The summed E-state index contributed by atoms with van der Waals surface area (Å²) in [5, 5.41) is 6.62. The van der Waals surface area contributed by atoms with Crippen LogP contribution in [-0.4, -0.2) is 41.8 Å². The Hall–Kier alpha value is -2.75. The van der Waals surface area contributed by atoms with Gasteiger partial charge in [0.25, 0.3) is 0 Å². The van der Waals surface area contributed by atoms with Crippen LogP contribution >= 0.6 is 24.0 Å². The predicted octanol–water partition coefficient (Wildman–Crippen LogP) is 4.08. The molecule has 0 radical (unpaired) electrons. The molecule has 0 saturated carbocycles. The Morgan fingerprint density at radius 1 is 1.09 bits per heavy atom. The van der Waals surface area contributed by atoms with E-state index in [9.17, 15) is 0 Å². The zero-order chi connectivity index (χ0) is 21.9. The number of halogens is 1. The lowest BCUT2D eigenvalue weighted by Crippen LogP contribution is -2.41. The van der Waals surface area contributed by atoms with Gasteiger partial charge in [0, 0.05) is 31.5 Å². The van der Waals surface area contributed by atoms with Crippen molar-refractivity contribution in [3.63, 3.8) is 0 Å². The van der Waals surface area contributed by atoms with Gasteiger partial charge in [-0.3, -0.25) is 0 Å². The average molecular weight is 549 g/mol. The van der Waals surface area contributed by atoms with Crippen molar-refractivity contribution in [2.45, 2.75) is 33.0 Å². The molecule has 2 N–H and O–H groups in total. The predicted molar refractivity (Wildman–Crippen MR) is 139 cm³/mol. The second-order valence-electron chi connectivity index (χ2n) is 7.14. The quantitative estimate of drug-likeness (QED) is 0.227. The maximum Gasteiger partial charge on any atom is 0.191 e. The molecule has 8 heteroatoms. The molecular weight excluding hydrogens is 517 g/mol. The first-order valence-electron chi connectivity index (χ1n) is 10.5. The summed E-state index contributed by atoms with van der Waals surface area (Å²) in [4.78, 5) is 9.18. The van der Waals surface area contributed by atoms with Crippen LogP contribution in [0.3, 0.4) is 0 Å². The maximum absolute atomic E-state index is 5.98. The van der Waals surface area contributed by atoms with Crippen molar-refractivity contribution in [1.29, 1.82) is 0 Å². The zero-order valence-corrected chi connectivity index (χ0v) is 21.2. The van der Waals surface area contributed by atoms with Gasteiger partial charge in [0.2, 0.25) is 0 Å². The minimum atomic E-state index is -0.0453.